The van der Waals surface area contributed by atoms with E-state index in [1.54, 1.807) is 24.3 Å². The summed E-state index contributed by atoms with van der Waals surface area (Å²) in [6.07, 6.45) is 0.615. The number of nitrogens with zero attached hydrogens (tertiary/aromatic N) is 2. The Morgan fingerprint density at radius 2 is 2.10 bits per heavy atom. The lowest BCUT2D eigenvalue weighted by molar-refractivity contribution is 0.0924. The van der Waals surface area contributed by atoms with E-state index in [0.29, 0.717) is 12.3 Å². The smallest absolute Gasteiger partial charge is 0.273 e. The normalized spacial score (nSPS) is 15.3. The average molecular weight is 405 g/mol. The molecule has 1 aliphatic heterocycles. The number of rotatable bonds is 4. The maximum absolute atomic E-state index is 12.2. The standard InChI is InChI=1S/C22H19N3O3S/c1-12-7-14-10-15(11-23-21(26)18-9-13(2)28-25-18)27-20(14)16(8-12)22-24-17-5-3-4-6-19(17)29-22/h3-9,15H,10-11H2,1-2H3,(H,23,26)/t15-/m0/s1. The van der Waals surface area contributed by atoms with Crippen molar-refractivity contribution in [3.8, 4) is 16.3 Å². The van der Waals surface area contributed by atoms with Crippen molar-refractivity contribution in [3.63, 3.8) is 0 Å². The molecule has 2 aromatic carbocycles. The Balaban J connectivity index is 1.37. The van der Waals surface area contributed by atoms with E-state index in [-0.39, 0.29) is 17.7 Å². The Bertz CT molecular complexity index is 1190. The number of hydrogen-bond donors (Lipinski definition) is 1. The van der Waals surface area contributed by atoms with Gasteiger partial charge in [-0.15, -0.1) is 11.3 Å². The van der Waals surface area contributed by atoms with Gasteiger partial charge in [-0.1, -0.05) is 23.4 Å². The molecule has 0 radical (unpaired) electrons. The summed E-state index contributed by atoms with van der Waals surface area (Å²) in [5.41, 5.74) is 4.61. The van der Waals surface area contributed by atoms with Crippen molar-refractivity contribution in [2.24, 2.45) is 0 Å². The molecule has 146 valence electrons. The molecule has 1 N–H and O–H groups in total. The van der Waals surface area contributed by atoms with E-state index in [1.807, 2.05) is 18.2 Å². The third-order valence-electron chi connectivity index (χ3n) is 4.92. The summed E-state index contributed by atoms with van der Waals surface area (Å²) in [6, 6.07) is 14.0. The van der Waals surface area contributed by atoms with E-state index in [0.717, 1.165) is 38.5 Å². The van der Waals surface area contributed by atoms with Crippen LogP contribution in [0.25, 0.3) is 20.8 Å². The van der Waals surface area contributed by atoms with Gasteiger partial charge in [-0.05, 0) is 43.2 Å². The van der Waals surface area contributed by atoms with Crippen molar-refractivity contribution in [2.45, 2.75) is 26.4 Å². The molecule has 6 nitrogen and oxygen atoms in total. The summed E-state index contributed by atoms with van der Waals surface area (Å²) in [5, 5.41) is 7.59. The number of aryl methyl sites for hydroxylation is 2. The van der Waals surface area contributed by atoms with Gasteiger partial charge in [-0.2, -0.15) is 0 Å². The summed E-state index contributed by atoms with van der Waals surface area (Å²) in [5.74, 6) is 1.21. The second-order valence-corrected chi connectivity index (χ2v) is 8.29. The van der Waals surface area contributed by atoms with Gasteiger partial charge in [0.05, 0.1) is 22.3 Å². The fraction of sp³-hybridized carbons (Fsp3) is 0.227. The summed E-state index contributed by atoms with van der Waals surface area (Å²) in [7, 11) is 0. The van der Waals surface area contributed by atoms with Crippen molar-refractivity contribution in [1.29, 1.82) is 0 Å². The highest BCUT2D eigenvalue weighted by Crippen LogP contribution is 2.42. The zero-order valence-corrected chi connectivity index (χ0v) is 16.9. The van der Waals surface area contributed by atoms with Gasteiger partial charge in [-0.25, -0.2) is 4.98 Å². The number of benzene rings is 2. The van der Waals surface area contributed by atoms with Gasteiger partial charge in [0.2, 0.25) is 0 Å². The summed E-state index contributed by atoms with van der Waals surface area (Å²) in [6.45, 7) is 4.24. The van der Waals surface area contributed by atoms with Gasteiger partial charge in [0.15, 0.2) is 5.69 Å². The molecule has 1 amide bonds. The van der Waals surface area contributed by atoms with E-state index < -0.39 is 0 Å². The summed E-state index contributed by atoms with van der Waals surface area (Å²) >= 11 is 1.66. The highest BCUT2D eigenvalue weighted by molar-refractivity contribution is 7.21. The first-order valence-electron chi connectivity index (χ1n) is 9.44. The van der Waals surface area contributed by atoms with Crippen LogP contribution in [0.5, 0.6) is 5.75 Å². The first-order valence-corrected chi connectivity index (χ1v) is 10.3. The molecule has 0 bridgehead atoms. The Morgan fingerprint density at radius 3 is 2.90 bits per heavy atom. The number of thiazole rings is 1. The molecule has 1 aliphatic rings. The predicted octanol–water partition coefficient (Wildman–Crippen LogP) is 4.30. The van der Waals surface area contributed by atoms with Crippen LogP contribution in [0.3, 0.4) is 0 Å². The van der Waals surface area contributed by atoms with Gasteiger partial charge in [-0.3, -0.25) is 4.79 Å². The number of carbonyl (C=O) groups is 1. The summed E-state index contributed by atoms with van der Waals surface area (Å²) < 4.78 is 12.4. The number of amides is 1. The summed E-state index contributed by atoms with van der Waals surface area (Å²) in [4.78, 5) is 17.0. The lowest BCUT2D eigenvalue weighted by Crippen LogP contribution is -2.34. The highest BCUT2D eigenvalue weighted by Gasteiger charge is 2.28. The molecule has 4 aromatic rings. The zero-order chi connectivity index (χ0) is 20.0. The maximum atomic E-state index is 12.2. The molecule has 3 heterocycles. The average Bonchev–Trinajstić information content (AvgIpc) is 3.42. The van der Waals surface area contributed by atoms with Crippen molar-refractivity contribution in [2.75, 3.05) is 6.54 Å². The molecule has 7 heteroatoms. The number of para-hydroxylation sites is 1. The lowest BCUT2D eigenvalue weighted by Gasteiger charge is -2.12. The van der Waals surface area contributed by atoms with Crippen LogP contribution in [0.2, 0.25) is 0 Å². The third-order valence-corrected chi connectivity index (χ3v) is 5.99. The molecule has 0 unspecified atom stereocenters. The van der Waals surface area contributed by atoms with Crippen molar-refractivity contribution in [1.82, 2.24) is 15.5 Å². The molecule has 0 spiro atoms. The van der Waals surface area contributed by atoms with Gasteiger partial charge in [0.25, 0.3) is 5.91 Å². The number of nitrogens with one attached hydrogen (secondary N) is 1. The number of ether oxygens (including phenoxy) is 1. The number of hydrogen-bond acceptors (Lipinski definition) is 6. The van der Waals surface area contributed by atoms with E-state index >= 15 is 0 Å². The largest absolute Gasteiger partial charge is 0.487 e. The minimum absolute atomic E-state index is 0.128. The van der Waals surface area contributed by atoms with Crippen LogP contribution in [0, 0.1) is 13.8 Å². The molecule has 0 aliphatic carbocycles. The number of fused-ring (bicyclic) bond motifs is 2. The van der Waals surface area contributed by atoms with E-state index in [2.05, 4.69) is 35.6 Å². The molecular weight excluding hydrogens is 386 g/mol. The quantitative estimate of drug-likeness (QED) is 0.548. The Hall–Kier alpha value is -3.19. The lowest BCUT2D eigenvalue weighted by atomic mass is 10.0. The molecule has 29 heavy (non-hydrogen) atoms. The van der Waals surface area contributed by atoms with Crippen LogP contribution >= 0.6 is 11.3 Å². The molecule has 2 aromatic heterocycles. The van der Waals surface area contributed by atoms with Crippen molar-refractivity contribution < 1.29 is 14.1 Å². The molecule has 0 saturated carbocycles. The monoisotopic (exact) mass is 405 g/mol. The second-order valence-electron chi connectivity index (χ2n) is 7.26. The van der Waals surface area contributed by atoms with E-state index in [1.165, 1.54) is 5.56 Å². The van der Waals surface area contributed by atoms with Crippen LogP contribution < -0.4 is 10.1 Å². The fourth-order valence-electron chi connectivity index (χ4n) is 3.62. The van der Waals surface area contributed by atoms with Crippen LogP contribution in [-0.4, -0.2) is 28.7 Å². The SMILES string of the molecule is Cc1cc2c(c(-c3nc4ccccc4s3)c1)O[C@H](CNC(=O)c1cc(C)on1)C2. The maximum Gasteiger partial charge on any atom is 0.273 e. The number of aromatic nitrogens is 2. The van der Waals surface area contributed by atoms with Crippen LogP contribution in [0.1, 0.15) is 27.4 Å². The van der Waals surface area contributed by atoms with Gasteiger partial charge in [0, 0.05) is 12.5 Å². The van der Waals surface area contributed by atoms with Crippen LogP contribution in [0.4, 0.5) is 0 Å². The van der Waals surface area contributed by atoms with Crippen LogP contribution in [-0.2, 0) is 6.42 Å². The topological polar surface area (TPSA) is 77.2 Å². The zero-order valence-electron chi connectivity index (χ0n) is 16.1. The minimum Gasteiger partial charge on any atom is -0.487 e. The van der Waals surface area contributed by atoms with Gasteiger partial charge < -0.3 is 14.6 Å². The molecular formula is C22H19N3O3S. The van der Waals surface area contributed by atoms with Crippen LogP contribution in [0.15, 0.2) is 47.0 Å². The molecule has 0 saturated heterocycles. The van der Waals surface area contributed by atoms with Crippen molar-refractivity contribution in [3.05, 3.63) is 65.0 Å². The van der Waals surface area contributed by atoms with E-state index in [9.17, 15) is 4.79 Å². The minimum atomic E-state index is -0.260. The third kappa shape index (κ3) is 3.38. The van der Waals surface area contributed by atoms with Crippen molar-refractivity contribution >= 4 is 27.5 Å². The van der Waals surface area contributed by atoms with Gasteiger partial charge in [0.1, 0.15) is 22.6 Å². The highest BCUT2D eigenvalue weighted by atomic mass is 32.1. The number of carbonyl (C=O) groups excluding carboxylic acids is 1. The Morgan fingerprint density at radius 1 is 1.24 bits per heavy atom. The molecule has 5 rings (SSSR count). The Kier molecular flexibility index (Phi) is 4.32. The molecule has 1 atom stereocenters. The van der Waals surface area contributed by atoms with Gasteiger partial charge >= 0.3 is 0 Å². The predicted molar refractivity (Wildman–Crippen MR) is 111 cm³/mol. The second kappa shape index (κ2) is 7.00. The fourth-order valence-corrected chi connectivity index (χ4v) is 4.60. The Labute approximate surface area is 171 Å². The first-order chi connectivity index (χ1) is 14.1. The van der Waals surface area contributed by atoms with E-state index in [4.69, 9.17) is 14.2 Å². The molecule has 0 fully saturated rings. The first kappa shape index (κ1) is 17.9.